The highest BCUT2D eigenvalue weighted by Crippen LogP contribution is 2.09. The minimum absolute atomic E-state index is 0.0733. The highest BCUT2D eigenvalue weighted by atomic mass is 16.5. The Morgan fingerprint density at radius 2 is 1.05 bits per heavy atom. The maximum absolute atomic E-state index is 6.12. The summed E-state index contributed by atoms with van der Waals surface area (Å²) in [6.45, 7) is 4.38. The smallest absolute Gasteiger partial charge is 0.111 e. The highest BCUT2D eigenvalue weighted by Gasteiger charge is 2.19. The predicted octanol–water partition coefficient (Wildman–Crippen LogP) is 0.870. The summed E-state index contributed by atoms with van der Waals surface area (Å²) in [5, 5.41) is 13.1. The average molecular weight is 274 g/mol. The number of hydrogen-bond acceptors (Lipinski definition) is 5. The van der Waals surface area contributed by atoms with Gasteiger partial charge < -0.3 is 15.4 Å². The van der Waals surface area contributed by atoms with E-state index in [2.05, 4.69) is 35.1 Å². The van der Waals surface area contributed by atoms with Gasteiger partial charge in [0.25, 0.3) is 0 Å². The van der Waals surface area contributed by atoms with Gasteiger partial charge in [-0.05, 0) is 41.0 Å². The first-order valence-corrected chi connectivity index (χ1v) is 7.49. The third-order valence-electron chi connectivity index (χ3n) is 3.77. The van der Waals surface area contributed by atoms with E-state index in [4.69, 9.17) is 4.74 Å². The first kappa shape index (κ1) is 18.8. The zero-order chi connectivity index (χ0) is 14.7. The molecule has 0 amide bonds. The number of nitrogens with one attached hydrogen (secondary N) is 4. The van der Waals surface area contributed by atoms with Crippen LogP contribution >= 0.6 is 0 Å². The van der Waals surface area contributed by atoms with Gasteiger partial charge >= 0.3 is 0 Å². The molecule has 0 aliphatic rings. The molecule has 0 saturated heterocycles. The van der Waals surface area contributed by atoms with Gasteiger partial charge in [0.05, 0.1) is 0 Å². The van der Waals surface area contributed by atoms with Gasteiger partial charge in [-0.2, -0.15) is 0 Å². The van der Waals surface area contributed by atoms with E-state index in [1.54, 1.807) is 0 Å². The summed E-state index contributed by atoms with van der Waals surface area (Å²) in [4.78, 5) is 0. The van der Waals surface area contributed by atoms with Crippen molar-refractivity contribution in [3.05, 3.63) is 0 Å². The van der Waals surface area contributed by atoms with Crippen LogP contribution in [0.5, 0.6) is 0 Å². The standard InChI is InChI=1S/C14H34N4O/c1-7-11(15-3)9-13(17-5)19-14(18-6)10-12(8-2)16-4/h11-18H,7-10H2,1-6H3. The van der Waals surface area contributed by atoms with Crippen LogP contribution in [0.15, 0.2) is 0 Å². The molecule has 0 rings (SSSR count). The molecule has 0 aliphatic carbocycles. The van der Waals surface area contributed by atoms with Crippen molar-refractivity contribution in [2.75, 3.05) is 28.2 Å². The van der Waals surface area contributed by atoms with Crippen LogP contribution in [0.4, 0.5) is 0 Å². The van der Waals surface area contributed by atoms with E-state index >= 15 is 0 Å². The van der Waals surface area contributed by atoms with Crippen LogP contribution in [-0.2, 0) is 4.74 Å². The van der Waals surface area contributed by atoms with E-state index in [1.807, 2.05) is 28.2 Å². The Bertz CT molecular complexity index is 176. The van der Waals surface area contributed by atoms with Crippen LogP contribution in [0.2, 0.25) is 0 Å². The molecule has 0 heterocycles. The van der Waals surface area contributed by atoms with E-state index in [9.17, 15) is 0 Å². The molecule has 19 heavy (non-hydrogen) atoms. The monoisotopic (exact) mass is 274 g/mol. The Hall–Kier alpha value is -0.200. The molecule has 0 aromatic rings. The Labute approximate surface area is 119 Å². The molecule has 0 aromatic heterocycles. The SMILES string of the molecule is CCC(CC(NC)OC(CC(CC)NC)NC)NC. The van der Waals surface area contributed by atoms with E-state index < -0.39 is 0 Å². The Morgan fingerprint density at radius 3 is 1.26 bits per heavy atom. The third-order valence-corrected chi connectivity index (χ3v) is 3.77. The Kier molecular flexibility index (Phi) is 11.5. The van der Waals surface area contributed by atoms with Crippen molar-refractivity contribution in [2.24, 2.45) is 0 Å². The van der Waals surface area contributed by atoms with Crippen molar-refractivity contribution in [3.63, 3.8) is 0 Å². The number of rotatable bonds is 12. The lowest BCUT2D eigenvalue weighted by Gasteiger charge is -2.29. The van der Waals surface area contributed by atoms with Crippen molar-refractivity contribution in [1.29, 1.82) is 0 Å². The largest absolute Gasteiger partial charge is 0.345 e. The summed E-state index contributed by atoms with van der Waals surface area (Å²) in [7, 11) is 7.92. The predicted molar refractivity (Wildman–Crippen MR) is 82.3 cm³/mol. The van der Waals surface area contributed by atoms with E-state index in [-0.39, 0.29) is 12.5 Å². The fourth-order valence-electron chi connectivity index (χ4n) is 2.18. The lowest BCUT2D eigenvalue weighted by atomic mass is 10.1. The molecule has 5 nitrogen and oxygen atoms in total. The second-order valence-corrected chi connectivity index (χ2v) is 4.95. The molecule has 0 aliphatic heterocycles. The van der Waals surface area contributed by atoms with Gasteiger partial charge in [-0.1, -0.05) is 13.8 Å². The molecule has 0 saturated carbocycles. The fraction of sp³-hybridized carbons (Fsp3) is 1.00. The maximum atomic E-state index is 6.12. The lowest BCUT2D eigenvalue weighted by Crippen LogP contribution is -2.44. The van der Waals surface area contributed by atoms with Crippen molar-refractivity contribution >= 4 is 0 Å². The zero-order valence-electron chi connectivity index (χ0n) is 13.5. The van der Waals surface area contributed by atoms with E-state index in [0.717, 1.165) is 25.7 Å². The first-order valence-electron chi connectivity index (χ1n) is 7.49. The Morgan fingerprint density at radius 1 is 0.684 bits per heavy atom. The lowest BCUT2D eigenvalue weighted by molar-refractivity contribution is -0.0547. The van der Waals surface area contributed by atoms with Gasteiger partial charge in [-0.25, -0.2) is 0 Å². The maximum Gasteiger partial charge on any atom is 0.111 e. The van der Waals surface area contributed by atoms with Crippen LogP contribution in [0.25, 0.3) is 0 Å². The second kappa shape index (κ2) is 11.6. The van der Waals surface area contributed by atoms with Crippen LogP contribution in [0.3, 0.4) is 0 Å². The molecule has 116 valence electrons. The summed E-state index contributed by atoms with van der Waals surface area (Å²) < 4.78 is 6.12. The Balaban J connectivity index is 4.30. The molecular formula is C14H34N4O. The van der Waals surface area contributed by atoms with E-state index in [1.165, 1.54) is 0 Å². The second-order valence-electron chi connectivity index (χ2n) is 4.95. The summed E-state index contributed by atoms with van der Waals surface area (Å²) >= 11 is 0. The summed E-state index contributed by atoms with van der Waals surface area (Å²) in [6, 6.07) is 0.974. The summed E-state index contributed by atoms with van der Waals surface area (Å²) in [5.41, 5.74) is 0. The minimum atomic E-state index is 0.0733. The van der Waals surface area contributed by atoms with E-state index in [0.29, 0.717) is 12.1 Å². The molecule has 4 N–H and O–H groups in total. The van der Waals surface area contributed by atoms with Crippen molar-refractivity contribution < 1.29 is 4.74 Å². The van der Waals surface area contributed by atoms with Gasteiger partial charge in [0, 0.05) is 24.9 Å². The fourth-order valence-corrected chi connectivity index (χ4v) is 2.18. The first-order chi connectivity index (χ1) is 9.14. The van der Waals surface area contributed by atoms with Gasteiger partial charge in [-0.3, -0.25) is 10.6 Å². The molecule has 0 fully saturated rings. The molecule has 5 heteroatoms. The molecule has 0 bridgehead atoms. The van der Waals surface area contributed by atoms with Gasteiger partial charge in [0.1, 0.15) is 12.5 Å². The van der Waals surface area contributed by atoms with Crippen LogP contribution < -0.4 is 21.3 Å². The molecule has 0 aromatic carbocycles. The highest BCUT2D eigenvalue weighted by molar-refractivity contribution is 4.71. The average Bonchev–Trinajstić information content (AvgIpc) is 2.46. The van der Waals surface area contributed by atoms with Gasteiger partial charge in [-0.15, -0.1) is 0 Å². The minimum Gasteiger partial charge on any atom is -0.345 e. The molecule has 4 atom stereocenters. The van der Waals surface area contributed by atoms with Gasteiger partial charge in [0.2, 0.25) is 0 Å². The zero-order valence-corrected chi connectivity index (χ0v) is 13.5. The van der Waals surface area contributed by atoms with Crippen molar-refractivity contribution in [2.45, 2.75) is 64.1 Å². The number of ether oxygens (including phenoxy) is 1. The molecule has 4 unspecified atom stereocenters. The summed E-state index contributed by atoms with van der Waals surface area (Å²) in [5.74, 6) is 0. The molecular weight excluding hydrogens is 240 g/mol. The quantitative estimate of drug-likeness (QED) is 0.398. The summed E-state index contributed by atoms with van der Waals surface area (Å²) in [6.07, 6.45) is 4.30. The van der Waals surface area contributed by atoms with Gasteiger partial charge in [0.15, 0.2) is 0 Å². The van der Waals surface area contributed by atoms with Crippen LogP contribution in [0.1, 0.15) is 39.5 Å². The molecule has 0 spiro atoms. The van der Waals surface area contributed by atoms with Crippen molar-refractivity contribution in [3.8, 4) is 0 Å². The number of hydrogen-bond donors (Lipinski definition) is 4. The van der Waals surface area contributed by atoms with Crippen molar-refractivity contribution in [1.82, 2.24) is 21.3 Å². The van der Waals surface area contributed by atoms with Crippen LogP contribution in [-0.4, -0.2) is 52.7 Å². The van der Waals surface area contributed by atoms with Crippen LogP contribution in [0, 0.1) is 0 Å². The topological polar surface area (TPSA) is 57.4 Å². The third kappa shape index (κ3) is 7.84. The molecule has 0 radical (unpaired) electrons. The normalized spacial score (nSPS) is 18.0.